The number of rotatable bonds is 7. The molecule has 0 aliphatic heterocycles. The Hall–Kier alpha value is -1.82. The Kier molecular flexibility index (Phi) is 10.8. The van der Waals surface area contributed by atoms with Crippen LogP contribution in [0.25, 0.3) is 0 Å². The summed E-state index contributed by atoms with van der Waals surface area (Å²) >= 11 is 0. The monoisotopic (exact) mass is 371 g/mol. The molecule has 0 bridgehead atoms. The maximum Gasteiger partial charge on any atom is 0.228 e. The number of benzene rings is 1. The summed E-state index contributed by atoms with van der Waals surface area (Å²) in [4.78, 5) is 16.0. The molecule has 2 N–H and O–H groups in total. The first kappa shape index (κ1) is 22.2. The lowest BCUT2D eigenvalue weighted by Crippen LogP contribution is -2.28. The maximum atomic E-state index is 12.0. The lowest BCUT2D eigenvalue weighted by atomic mass is 10.1. The third-order valence-corrected chi connectivity index (χ3v) is 3.19. The number of carbonyl (C=O) groups is 1. The number of anilines is 1. The highest BCUT2D eigenvalue weighted by Gasteiger charge is 2.12. The van der Waals surface area contributed by atoms with E-state index >= 15 is 0 Å². The number of amides is 1. The summed E-state index contributed by atoms with van der Waals surface area (Å²) in [6.45, 7) is 2.97. The van der Waals surface area contributed by atoms with Crippen LogP contribution < -0.4 is 15.4 Å². The topological polar surface area (TPSA) is 63.2 Å². The van der Waals surface area contributed by atoms with E-state index in [9.17, 15) is 4.79 Å². The lowest BCUT2D eigenvalue weighted by molar-refractivity contribution is -0.119. The van der Waals surface area contributed by atoms with Gasteiger partial charge in [0.1, 0.15) is 12.4 Å². The molecule has 2 rings (SSSR count). The SMILES string of the molecule is CNCC(C)C(=O)Nc1cccc(OCc2cccnc2)c1.Cl.Cl. The van der Waals surface area contributed by atoms with Crippen molar-refractivity contribution in [2.45, 2.75) is 13.5 Å². The van der Waals surface area contributed by atoms with Crippen LogP contribution in [-0.4, -0.2) is 24.5 Å². The van der Waals surface area contributed by atoms with Crippen LogP contribution in [0.4, 0.5) is 5.69 Å². The minimum atomic E-state index is -0.0926. The van der Waals surface area contributed by atoms with E-state index < -0.39 is 0 Å². The zero-order chi connectivity index (χ0) is 15.8. The van der Waals surface area contributed by atoms with Crippen LogP contribution in [0.5, 0.6) is 5.75 Å². The van der Waals surface area contributed by atoms with Crippen molar-refractivity contribution in [3.8, 4) is 5.75 Å². The fraction of sp³-hybridized carbons (Fsp3) is 0.294. The second kappa shape index (κ2) is 11.7. The average molecular weight is 372 g/mol. The van der Waals surface area contributed by atoms with Crippen molar-refractivity contribution in [2.24, 2.45) is 5.92 Å². The van der Waals surface area contributed by atoms with E-state index in [2.05, 4.69) is 15.6 Å². The van der Waals surface area contributed by atoms with Gasteiger partial charge in [-0.2, -0.15) is 0 Å². The van der Waals surface area contributed by atoms with Gasteiger partial charge in [-0.15, -0.1) is 24.8 Å². The molecule has 1 aromatic carbocycles. The van der Waals surface area contributed by atoms with Crippen molar-refractivity contribution >= 4 is 36.4 Å². The zero-order valence-corrected chi connectivity index (χ0v) is 15.3. The minimum absolute atomic E-state index is 0. The minimum Gasteiger partial charge on any atom is -0.489 e. The van der Waals surface area contributed by atoms with Gasteiger partial charge in [0.2, 0.25) is 5.91 Å². The molecule has 0 aliphatic rings. The molecule has 24 heavy (non-hydrogen) atoms. The summed E-state index contributed by atoms with van der Waals surface area (Å²) in [5.41, 5.74) is 1.73. The van der Waals surface area contributed by atoms with E-state index in [-0.39, 0.29) is 36.6 Å². The Morgan fingerprint density at radius 3 is 2.71 bits per heavy atom. The van der Waals surface area contributed by atoms with Crippen molar-refractivity contribution in [2.75, 3.05) is 18.9 Å². The Labute approximate surface area is 155 Å². The number of aromatic nitrogens is 1. The molecule has 0 radical (unpaired) electrons. The summed E-state index contributed by atoms with van der Waals surface area (Å²) in [6, 6.07) is 11.2. The molecule has 5 nitrogen and oxygen atoms in total. The summed E-state index contributed by atoms with van der Waals surface area (Å²) in [5.74, 6) is 0.603. The Bertz CT molecular complexity index is 612. The molecular weight excluding hydrogens is 349 g/mol. The van der Waals surface area contributed by atoms with E-state index in [0.29, 0.717) is 18.9 Å². The van der Waals surface area contributed by atoms with Gasteiger partial charge in [0.25, 0.3) is 0 Å². The number of nitrogens with zero attached hydrogens (tertiary/aromatic N) is 1. The van der Waals surface area contributed by atoms with E-state index in [4.69, 9.17) is 4.74 Å². The molecule has 7 heteroatoms. The van der Waals surface area contributed by atoms with Gasteiger partial charge in [-0.25, -0.2) is 0 Å². The molecule has 1 atom stereocenters. The predicted molar refractivity (Wildman–Crippen MR) is 101 cm³/mol. The van der Waals surface area contributed by atoms with E-state index in [1.807, 2.05) is 50.4 Å². The third kappa shape index (κ3) is 7.17. The van der Waals surface area contributed by atoms with Crippen molar-refractivity contribution in [1.82, 2.24) is 10.3 Å². The first-order valence-electron chi connectivity index (χ1n) is 7.26. The number of pyridine rings is 1. The van der Waals surface area contributed by atoms with Crippen molar-refractivity contribution < 1.29 is 9.53 Å². The average Bonchev–Trinajstić information content (AvgIpc) is 2.54. The highest BCUT2D eigenvalue weighted by molar-refractivity contribution is 5.92. The molecule has 1 heterocycles. The standard InChI is InChI=1S/C17H21N3O2.2ClH/c1-13(10-18-2)17(21)20-15-6-3-7-16(9-15)22-12-14-5-4-8-19-11-14;;/h3-9,11,13,18H,10,12H2,1-2H3,(H,20,21);2*1H. The van der Waals surface area contributed by atoms with E-state index in [0.717, 1.165) is 11.3 Å². The van der Waals surface area contributed by atoms with Crippen molar-refractivity contribution in [1.29, 1.82) is 0 Å². The number of halogens is 2. The summed E-state index contributed by atoms with van der Waals surface area (Å²) in [6.07, 6.45) is 3.50. The molecule has 1 amide bonds. The number of carbonyl (C=O) groups excluding carboxylic acids is 1. The van der Waals surface area contributed by atoms with Gasteiger partial charge >= 0.3 is 0 Å². The first-order chi connectivity index (χ1) is 10.7. The first-order valence-corrected chi connectivity index (χ1v) is 7.26. The molecule has 0 saturated carbocycles. The predicted octanol–water partition coefficient (Wildman–Crippen LogP) is 3.30. The van der Waals surface area contributed by atoms with Crippen LogP contribution in [0.1, 0.15) is 12.5 Å². The van der Waals surface area contributed by atoms with Crippen LogP contribution in [0.15, 0.2) is 48.8 Å². The van der Waals surface area contributed by atoms with Gasteiger partial charge < -0.3 is 15.4 Å². The van der Waals surface area contributed by atoms with Crippen LogP contribution in [-0.2, 0) is 11.4 Å². The summed E-state index contributed by atoms with van der Waals surface area (Å²) in [7, 11) is 1.83. The molecular formula is C17H23Cl2N3O2. The van der Waals surface area contributed by atoms with Crippen molar-refractivity contribution in [3.05, 3.63) is 54.4 Å². The highest BCUT2D eigenvalue weighted by atomic mass is 35.5. The second-order valence-electron chi connectivity index (χ2n) is 5.13. The Balaban J connectivity index is 0.00000264. The van der Waals surface area contributed by atoms with Gasteiger partial charge in [0, 0.05) is 42.2 Å². The summed E-state index contributed by atoms with van der Waals surface area (Å²) < 4.78 is 5.72. The Morgan fingerprint density at radius 1 is 1.25 bits per heavy atom. The van der Waals surface area contributed by atoms with Gasteiger partial charge in [-0.3, -0.25) is 9.78 Å². The lowest BCUT2D eigenvalue weighted by Gasteiger charge is -2.12. The van der Waals surface area contributed by atoms with Crippen LogP contribution in [0, 0.1) is 5.92 Å². The molecule has 0 fully saturated rings. The maximum absolute atomic E-state index is 12.0. The molecule has 1 aromatic heterocycles. The van der Waals surface area contributed by atoms with Crippen LogP contribution in [0.3, 0.4) is 0 Å². The zero-order valence-electron chi connectivity index (χ0n) is 13.7. The fourth-order valence-corrected chi connectivity index (χ4v) is 1.98. The van der Waals surface area contributed by atoms with Gasteiger partial charge in [-0.1, -0.05) is 19.1 Å². The van der Waals surface area contributed by atoms with Gasteiger partial charge in [0.15, 0.2) is 0 Å². The molecule has 1 unspecified atom stereocenters. The van der Waals surface area contributed by atoms with Gasteiger partial charge in [-0.05, 0) is 25.2 Å². The van der Waals surface area contributed by atoms with Crippen molar-refractivity contribution in [3.63, 3.8) is 0 Å². The number of nitrogens with one attached hydrogen (secondary N) is 2. The number of ether oxygens (including phenoxy) is 1. The van der Waals surface area contributed by atoms with E-state index in [1.165, 1.54) is 0 Å². The molecule has 132 valence electrons. The smallest absolute Gasteiger partial charge is 0.228 e. The van der Waals surface area contributed by atoms with Crippen LogP contribution in [0.2, 0.25) is 0 Å². The van der Waals surface area contributed by atoms with Crippen LogP contribution >= 0.6 is 24.8 Å². The largest absolute Gasteiger partial charge is 0.489 e. The fourth-order valence-electron chi connectivity index (χ4n) is 1.98. The third-order valence-electron chi connectivity index (χ3n) is 3.19. The van der Waals surface area contributed by atoms with E-state index in [1.54, 1.807) is 12.4 Å². The molecule has 2 aromatic rings. The Morgan fingerprint density at radius 2 is 2.04 bits per heavy atom. The summed E-state index contributed by atoms with van der Waals surface area (Å²) in [5, 5.41) is 5.89. The molecule has 0 saturated heterocycles. The molecule has 0 spiro atoms. The normalized spacial score (nSPS) is 10.8. The number of hydrogen-bond acceptors (Lipinski definition) is 4. The molecule has 0 aliphatic carbocycles. The quantitative estimate of drug-likeness (QED) is 0.783. The van der Waals surface area contributed by atoms with Gasteiger partial charge in [0.05, 0.1) is 0 Å². The highest BCUT2D eigenvalue weighted by Crippen LogP contribution is 2.19. The second-order valence-corrected chi connectivity index (χ2v) is 5.13. The number of hydrogen-bond donors (Lipinski definition) is 2.